The van der Waals surface area contributed by atoms with Gasteiger partial charge in [-0.15, -0.1) is 23.5 Å². The molecule has 2 amide bonds. The Kier molecular flexibility index (Phi) is 5.87. The minimum Gasteiger partial charge on any atom is -0.480 e. The van der Waals surface area contributed by atoms with Crippen LogP contribution in [0.3, 0.4) is 0 Å². The highest BCUT2D eigenvalue weighted by Gasteiger charge is 2.73. The summed E-state index contributed by atoms with van der Waals surface area (Å²) < 4.78 is -0.773. The van der Waals surface area contributed by atoms with Crippen LogP contribution in [0.5, 0.6) is 0 Å². The summed E-state index contributed by atoms with van der Waals surface area (Å²) in [5, 5.41) is 20.7. The molecule has 9 heteroatoms. The van der Waals surface area contributed by atoms with Crippen molar-refractivity contribution in [2.45, 2.75) is 78.8 Å². The van der Waals surface area contributed by atoms with Crippen molar-refractivity contribution in [1.29, 1.82) is 5.26 Å². The molecule has 2 heterocycles. The summed E-state index contributed by atoms with van der Waals surface area (Å²) in [5.74, 6) is -2.21. The molecule has 4 atom stereocenters. The summed E-state index contributed by atoms with van der Waals surface area (Å²) in [4.78, 5) is 39.5. The predicted octanol–water partition coefficient (Wildman–Crippen LogP) is 2.99. The number of amides is 2. The fraction of sp³-hybridized carbons (Fsp3) is 0.545. The molecule has 2 aliphatic heterocycles. The van der Waals surface area contributed by atoms with E-state index in [1.54, 1.807) is 20.8 Å². The molecule has 0 saturated carbocycles. The van der Waals surface area contributed by atoms with Crippen LogP contribution in [0.25, 0.3) is 0 Å². The molecule has 166 valence electrons. The Hall–Kier alpha value is -2.18. The van der Waals surface area contributed by atoms with E-state index in [9.17, 15) is 24.8 Å². The van der Waals surface area contributed by atoms with Crippen LogP contribution in [-0.4, -0.2) is 54.7 Å². The molecule has 1 aromatic carbocycles. The molecule has 2 saturated heterocycles. The van der Waals surface area contributed by atoms with Crippen LogP contribution in [0.4, 0.5) is 0 Å². The third-order valence-electron chi connectivity index (χ3n) is 5.68. The zero-order valence-electron chi connectivity index (χ0n) is 18.4. The SMILES string of the molecule is CC(Sc1ccc(C(C)(C)C)cc1)C(=O)N[C@@]1(C#N)C(=O)N2[C@@H](C(=O)O)C(C)(C)S[C@@H]21. The molecule has 0 bridgehead atoms. The number of aliphatic carboxylic acids is 1. The fourth-order valence-electron chi connectivity index (χ4n) is 3.89. The predicted molar refractivity (Wildman–Crippen MR) is 121 cm³/mol. The van der Waals surface area contributed by atoms with Crippen LogP contribution in [0.1, 0.15) is 47.1 Å². The molecule has 3 rings (SSSR count). The molecule has 0 spiro atoms. The van der Waals surface area contributed by atoms with Crippen molar-refractivity contribution >= 4 is 41.3 Å². The molecule has 31 heavy (non-hydrogen) atoms. The van der Waals surface area contributed by atoms with Crippen LogP contribution < -0.4 is 5.32 Å². The molecule has 1 unspecified atom stereocenters. The van der Waals surface area contributed by atoms with Crippen molar-refractivity contribution in [2.24, 2.45) is 0 Å². The highest BCUT2D eigenvalue weighted by atomic mass is 32.2. The van der Waals surface area contributed by atoms with Crippen LogP contribution in [0.15, 0.2) is 29.2 Å². The molecule has 0 aromatic heterocycles. The van der Waals surface area contributed by atoms with Gasteiger partial charge in [-0.3, -0.25) is 9.59 Å². The summed E-state index contributed by atoms with van der Waals surface area (Å²) >= 11 is 2.57. The number of nitriles is 1. The van der Waals surface area contributed by atoms with E-state index in [0.29, 0.717) is 0 Å². The van der Waals surface area contributed by atoms with Gasteiger partial charge in [0, 0.05) is 9.64 Å². The number of hydrogen-bond acceptors (Lipinski definition) is 6. The normalized spacial score (nSPS) is 27.6. The molecule has 0 aliphatic carbocycles. The van der Waals surface area contributed by atoms with E-state index in [0.717, 1.165) is 4.90 Å². The lowest BCUT2D eigenvalue weighted by Crippen LogP contribution is -2.79. The zero-order valence-corrected chi connectivity index (χ0v) is 20.1. The van der Waals surface area contributed by atoms with Gasteiger partial charge in [0.15, 0.2) is 0 Å². The van der Waals surface area contributed by atoms with Crippen LogP contribution in [0.2, 0.25) is 0 Å². The first-order valence-corrected chi connectivity index (χ1v) is 11.7. The summed E-state index contributed by atoms with van der Waals surface area (Å²) in [6.07, 6.45) is 0. The zero-order chi connectivity index (χ0) is 23.4. The molecule has 0 radical (unpaired) electrons. The number of fused-ring (bicyclic) bond motifs is 1. The molecule has 2 fully saturated rings. The average Bonchev–Trinajstić information content (AvgIpc) is 2.94. The monoisotopic (exact) mass is 461 g/mol. The Morgan fingerprint density at radius 1 is 1.29 bits per heavy atom. The minimum atomic E-state index is -1.74. The Bertz CT molecular complexity index is 964. The number of hydrogen-bond donors (Lipinski definition) is 2. The highest BCUT2D eigenvalue weighted by Crippen LogP contribution is 2.54. The lowest BCUT2D eigenvalue weighted by Gasteiger charge is -2.49. The van der Waals surface area contributed by atoms with Crippen LogP contribution in [-0.2, 0) is 19.8 Å². The number of nitrogens with one attached hydrogen (secondary N) is 1. The van der Waals surface area contributed by atoms with Gasteiger partial charge in [0.05, 0.1) is 5.25 Å². The number of carboxylic acid groups (broad SMARTS) is 1. The quantitative estimate of drug-likeness (QED) is 0.512. The van der Waals surface area contributed by atoms with Gasteiger partial charge in [-0.1, -0.05) is 32.9 Å². The van der Waals surface area contributed by atoms with Crippen molar-refractivity contribution in [3.05, 3.63) is 29.8 Å². The van der Waals surface area contributed by atoms with Gasteiger partial charge < -0.3 is 15.3 Å². The number of carboxylic acids is 1. The van der Waals surface area contributed by atoms with Crippen molar-refractivity contribution in [3.8, 4) is 6.07 Å². The Morgan fingerprint density at radius 3 is 2.35 bits per heavy atom. The first kappa shape index (κ1) is 23.5. The van der Waals surface area contributed by atoms with Gasteiger partial charge in [-0.25, -0.2) is 4.79 Å². The maximum absolute atomic E-state index is 12.9. The van der Waals surface area contributed by atoms with Gasteiger partial charge >= 0.3 is 5.97 Å². The number of carbonyl (C=O) groups excluding carboxylic acids is 2. The van der Waals surface area contributed by atoms with Gasteiger partial charge in [0.1, 0.15) is 17.5 Å². The maximum Gasteiger partial charge on any atom is 0.327 e. The van der Waals surface area contributed by atoms with E-state index in [1.807, 2.05) is 30.3 Å². The van der Waals surface area contributed by atoms with E-state index < -0.39 is 44.7 Å². The number of rotatable bonds is 5. The molecule has 7 nitrogen and oxygen atoms in total. The van der Waals surface area contributed by atoms with Gasteiger partial charge in [0.25, 0.3) is 5.91 Å². The van der Waals surface area contributed by atoms with Gasteiger partial charge in [-0.05, 0) is 43.9 Å². The largest absolute Gasteiger partial charge is 0.480 e. The fourth-order valence-corrected chi connectivity index (χ4v) is 6.40. The van der Waals surface area contributed by atoms with E-state index in [4.69, 9.17) is 0 Å². The number of carbonyl (C=O) groups is 3. The van der Waals surface area contributed by atoms with Crippen molar-refractivity contribution in [1.82, 2.24) is 10.2 Å². The third kappa shape index (κ3) is 3.92. The Balaban J connectivity index is 1.73. The number of benzene rings is 1. The first-order valence-electron chi connectivity index (χ1n) is 9.98. The Morgan fingerprint density at radius 2 is 1.87 bits per heavy atom. The highest BCUT2D eigenvalue weighted by molar-refractivity contribution is 8.01. The van der Waals surface area contributed by atoms with Crippen LogP contribution >= 0.6 is 23.5 Å². The summed E-state index contributed by atoms with van der Waals surface area (Å²) in [6.45, 7) is 11.6. The van der Waals surface area contributed by atoms with E-state index >= 15 is 0 Å². The first-order chi connectivity index (χ1) is 14.2. The molecular weight excluding hydrogens is 434 g/mol. The summed E-state index contributed by atoms with van der Waals surface area (Å²) in [7, 11) is 0. The molecular formula is C22H27N3O4S2. The molecule has 2 aliphatic rings. The second-order valence-corrected chi connectivity index (χ2v) is 12.6. The van der Waals surface area contributed by atoms with Crippen molar-refractivity contribution in [2.75, 3.05) is 0 Å². The molecule has 1 aromatic rings. The average molecular weight is 462 g/mol. The smallest absolute Gasteiger partial charge is 0.327 e. The standard InChI is InChI=1S/C22H27N3O4S2/c1-12(30-14-9-7-13(8-10-14)20(2,3)4)16(26)24-22(11-23)18(29)25-15(17(27)28)21(5,6)31-19(22)25/h7-10,12,15,19H,1-6H3,(H,24,26)(H,27,28)/t12?,15-,19+,22-/m0/s1. The minimum absolute atomic E-state index is 0.0301. The number of thioether (sulfide) groups is 2. The Labute approximate surface area is 190 Å². The van der Waals surface area contributed by atoms with Crippen LogP contribution in [0, 0.1) is 11.3 Å². The van der Waals surface area contributed by atoms with E-state index in [-0.39, 0.29) is 5.41 Å². The number of β-lactam (4-membered cyclic amide) rings is 1. The second kappa shape index (κ2) is 7.75. The van der Waals surface area contributed by atoms with E-state index in [1.165, 1.54) is 34.0 Å². The molecule has 2 N–H and O–H groups in total. The third-order valence-corrected chi connectivity index (χ3v) is 8.43. The summed E-state index contributed by atoms with van der Waals surface area (Å²) in [5.41, 5.74) is -0.525. The van der Waals surface area contributed by atoms with Crippen molar-refractivity contribution < 1.29 is 19.5 Å². The lowest BCUT2D eigenvalue weighted by molar-refractivity contribution is -0.165. The second-order valence-electron chi connectivity index (χ2n) is 9.47. The summed E-state index contributed by atoms with van der Waals surface area (Å²) in [6, 6.07) is 8.89. The lowest BCUT2D eigenvalue weighted by atomic mass is 9.85. The maximum atomic E-state index is 12.9. The topological polar surface area (TPSA) is 111 Å². The number of nitrogens with zero attached hydrogens (tertiary/aromatic N) is 2. The van der Waals surface area contributed by atoms with E-state index in [2.05, 4.69) is 26.1 Å². The van der Waals surface area contributed by atoms with Crippen molar-refractivity contribution in [3.63, 3.8) is 0 Å². The van der Waals surface area contributed by atoms with Gasteiger partial charge in [-0.2, -0.15) is 5.26 Å². The van der Waals surface area contributed by atoms with Gasteiger partial charge in [0.2, 0.25) is 11.4 Å².